The summed E-state index contributed by atoms with van der Waals surface area (Å²) < 4.78 is 0. The number of rotatable bonds is 7. The Kier molecular flexibility index (Phi) is 7.81. The van der Waals surface area contributed by atoms with E-state index in [2.05, 4.69) is 228 Å². The molecular weight excluding hydrogens is 653 g/mol. The summed E-state index contributed by atoms with van der Waals surface area (Å²) in [5.41, 5.74) is 6.27. The molecule has 0 bridgehead atoms. The summed E-state index contributed by atoms with van der Waals surface area (Å²) in [6.07, 6.45) is 7.97. The maximum atomic E-state index is 2.63. The smallest absolute Gasteiger partial charge is 0.145 e. The van der Waals surface area contributed by atoms with E-state index in [1.165, 1.54) is 65.6 Å². The second kappa shape index (κ2) is 13.3. The quantitative estimate of drug-likeness (QED) is 0.121. The van der Waals surface area contributed by atoms with Gasteiger partial charge in [0.2, 0.25) is 0 Å². The van der Waals surface area contributed by atoms with Gasteiger partial charge in [-0.25, -0.2) is 0 Å². The molecule has 256 valence electrons. The Bertz CT molecular complexity index is 2590. The Balaban J connectivity index is 1.38. The molecule has 0 fully saturated rings. The van der Waals surface area contributed by atoms with Gasteiger partial charge in [0.15, 0.2) is 0 Å². The second-order valence-corrected chi connectivity index (χ2v) is 14.1. The van der Waals surface area contributed by atoms with E-state index in [1.54, 1.807) is 0 Å². The zero-order chi connectivity index (χ0) is 35.9. The van der Waals surface area contributed by atoms with Crippen LogP contribution in [0.4, 0.5) is 22.7 Å². The Morgan fingerprint density at radius 2 is 0.722 bits per heavy atom. The highest BCUT2D eigenvalue weighted by molar-refractivity contribution is 6.16. The van der Waals surface area contributed by atoms with Crippen LogP contribution in [0, 0.1) is 0 Å². The number of anilines is 4. The van der Waals surface area contributed by atoms with Crippen LogP contribution in [0.25, 0.3) is 48.7 Å². The van der Waals surface area contributed by atoms with Gasteiger partial charge < -0.3 is 9.80 Å². The van der Waals surface area contributed by atoms with Crippen LogP contribution < -0.4 is 9.80 Å². The summed E-state index contributed by atoms with van der Waals surface area (Å²) in [4.78, 5) is 5.27. The predicted octanol–water partition coefficient (Wildman–Crippen LogP) is 14.0. The molecule has 0 aromatic heterocycles. The van der Waals surface area contributed by atoms with E-state index in [0.29, 0.717) is 6.42 Å². The first kappa shape index (κ1) is 31.8. The number of hydrogen-bond donors (Lipinski definition) is 0. The first-order valence-corrected chi connectivity index (χ1v) is 18.7. The highest BCUT2D eigenvalue weighted by Crippen LogP contribution is 2.53. The van der Waals surface area contributed by atoms with Crippen LogP contribution in [0.5, 0.6) is 0 Å². The lowest BCUT2D eigenvalue weighted by molar-refractivity contribution is 0.530. The summed E-state index contributed by atoms with van der Waals surface area (Å²) in [5.74, 6) is 0. The molecule has 0 radical (unpaired) electrons. The van der Waals surface area contributed by atoms with E-state index in [1.807, 2.05) is 0 Å². The van der Waals surface area contributed by atoms with Gasteiger partial charge in [-0.05, 0) is 75.2 Å². The molecule has 0 N–H and O–H groups in total. The third-order valence-electron chi connectivity index (χ3n) is 11.0. The van der Waals surface area contributed by atoms with Crippen molar-refractivity contribution in [3.63, 3.8) is 0 Å². The van der Waals surface area contributed by atoms with Crippen molar-refractivity contribution in [2.24, 2.45) is 0 Å². The van der Waals surface area contributed by atoms with E-state index in [9.17, 15) is 0 Å². The Hall–Kier alpha value is -6.90. The minimum absolute atomic E-state index is 0.701. The third-order valence-corrected chi connectivity index (χ3v) is 11.0. The van der Waals surface area contributed by atoms with E-state index < -0.39 is 5.66 Å². The van der Waals surface area contributed by atoms with Crippen LogP contribution in [0.1, 0.15) is 12.0 Å². The largest absolute Gasteiger partial charge is 0.313 e. The molecule has 0 amide bonds. The van der Waals surface area contributed by atoms with Crippen molar-refractivity contribution in [2.75, 3.05) is 9.80 Å². The highest BCUT2D eigenvalue weighted by Gasteiger charge is 2.45. The lowest BCUT2D eigenvalue weighted by Crippen LogP contribution is -2.57. The topological polar surface area (TPSA) is 6.48 Å². The standard InChI is InChI=1S/C52H38N2/c1-4-18-38(19-5-1)39-32-34-52(35-33-39,53(44-24-6-2-7-25-44)50-46-28-14-10-20-40(46)36-41-21-11-15-29-47(41)50)54(45-26-8-3-9-27-45)51-48-30-16-12-22-42(48)37-43-23-13-17-31-49(43)51/h1-34,36-37H,35H2. The zero-order valence-electron chi connectivity index (χ0n) is 29.9. The van der Waals surface area contributed by atoms with Crippen LogP contribution in [-0.4, -0.2) is 5.66 Å². The van der Waals surface area contributed by atoms with Crippen LogP contribution in [0.15, 0.2) is 218 Å². The summed E-state index contributed by atoms with van der Waals surface area (Å²) in [6.45, 7) is 0. The molecule has 0 saturated carbocycles. The molecule has 2 nitrogen and oxygen atoms in total. The van der Waals surface area contributed by atoms with Gasteiger partial charge in [0.05, 0.1) is 11.4 Å². The van der Waals surface area contributed by atoms with Crippen LogP contribution in [-0.2, 0) is 0 Å². The van der Waals surface area contributed by atoms with Crippen molar-refractivity contribution in [3.05, 3.63) is 224 Å². The zero-order valence-corrected chi connectivity index (χ0v) is 29.9. The molecule has 9 aromatic rings. The SMILES string of the molecule is C1=CC(N(c2ccccc2)c2c3ccccc3cc3ccccc23)(N(c2ccccc2)c2c3ccccc3cc3ccccc23)CC=C1c1ccccc1. The molecule has 1 aliphatic rings. The molecule has 0 saturated heterocycles. The number of nitrogens with zero attached hydrogens (tertiary/aromatic N) is 2. The fourth-order valence-electron chi connectivity index (χ4n) is 8.60. The molecule has 10 rings (SSSR count). The fraction of sp³-hybridized carbons (Fsp3) is 0.0385. The van der Waals surface area contributed by atoms with Gasteiger partial charge in [0.1, 0.15) is 5.66 Å². The number of fused-ring (bicyclic) bond motifs is 4. The molecule has 0 aliphatic heterocycles. The lowest BCUT2D eigenvalue weighted by atomic mass is 9.86. The van der Waals surface area contributed by atoms with Gasteiger partial charge in [-0.2, -0.15) is 0 Å². The highest BCUT2D eigenvalue weighted by atomic mass is 15.4. The van der Waals surface area contributed by atoms with Crippen molar-refractivity contribution in [3.8, 4) is 0 Å². The third kappa shape index (κ3) is 5.26. The van der Waals surface area contributed by atoms with Crippen LogP contribution >= 0.6 is 0 Å². The number of para-hydroxylation sites is 2. The molecule has 1 aliphatic carbocycles. The Morgan fingerprint density at radius 1 is 0.370 bits per heavy atom. The normalized spacial score (nSPS) is 13.7. The summed E-state index contributed by atoms with van der Waals surface area (Å²) >= 11 is 0. The van der Waals surface area contributed by atoms with E-state index >= 15 is 0 Å². The van der Waals surface area contributed by atoms with Crippen molar-refractivity contribution in [2.45, 2.75) is 12.1 Å². The molecule has 54 heavy (non-hydrogen) atoms. The number of hydrogen-bond acceptors (Lipinski definition) is 2. The van der Waals surface area contributed by atoms with E-state index in [0.717, 1.165) is 11.4 Å². The predicted molar refractivity (Wildman–Crippen MR) is 231 cm³/mol. The van der Waals surface area contributed by atoms with Gasteiger partial charge in [0.25, 0.3) is 0 Å². The van der Waals surface area contributed by atoms with Gasteiger partial charge in [-0.15, -0.1) is 0 Å². The summed E-state index contributed by atoms with van der Waals surface area (Å²) in [7, 11) is 0. The first-order valence-electron chi connectivity index (χ1n) is 18.7. The van der Waals surface area contributed by atoms with Crippen molar-refractivity contribution in [1.82, 2.24) is 0 Å². The van der Waals surface area contributed by atoms with Gasteiger partial charge in [-0.3, -0.25) is 0 Å². The summed E-state index contributed by atoms with van der Waals surface area (Å²) in [6, 6.07) is 72.9. The average molecular weight is 691 g/mol. The van der Waals surface area contributed by atoms with Crippen molar-refractivity contribution < 1.29 is 0 Å². The molecule has 0 spiro atoms. The molecule has 0 atom stereocenters. The van der Waals surface area contributed by atoms with Crippen molar-refractivity contribution in [1.29, 1.82) is 0 Å². The minimum atomic E-state index is -0.763. The minimum Gasteiger partial charge on any atom is -0.313 e. The molecule has 0 unspecified atom stereocenters. The maximum absolute atomic E-state index is 2.63. The number of benzene rings is 9. The van der Waals surface area contributed by atoms with Gasteiger partial charge in [-0.1, -0.05) is 176 Å². The van der Waals surface area contributed by atoms with E-state index in [4.69, 9.17) is 0 Å². The average Bonchev–Trinajstić information content (AvgIpc) is 3.25. The van der Waals surface area contributed by atoms with E-state index in [-0.39, 0.29) is 0 Å². The van der Waals surface area contributed by atoms with Crippen LogP contribution in [0.3, 0.4) is 0 Å². The maximum Gasteiger partial charge on any atom is 0.145 e. The second-order valence-electron chi connectivity index (χ2n) is 14.1. The van der Waals surface area contributed by atoms with Gasteiger partial charge in [0, 0.05) is 39.3 Å². The van der Waals surface area contributed by atoms with Crippen LogP contribution in [0.2, 0.25) is 0 Å². The molecule has 2 heteroatoms. The number of allylic oxidation sites excluding steroid dienone is 2. The molecule has 9 aromatic carbocycles. The summed E-state index contributed by atoms with van der Waals surface area (Å²) in [5, 5.41) is 9.69. The fourth-order valence-corrected chi connectivity index (χ4v) is 8.60. The molecular formula is C52H38N2. The monoisotopic (exact) mass is 690 g/mol. The lowest BCUT2D eigenvalue weighted by Gasteiger charge is -2.53. The Morgan fingerprint density at radius 3 is 1.09 bits per heavy atom. The van der Waals surface area contributed by atoms with Gasteiger partial charge >= 0.3 is 0 Å². The molecule has 0 heterocycles. The van der Waals surface area contributed by atoms with Crippen molar-refractivity contribution >= 4 is 71.4 Å². The first-order chi connectivity index (χ1) is 26.8. The Labute approximate surface area is 316 Å².